The Labute approximate surface area is 107 Å². The van der Waals surface area contributed by atoms with Crippen LogP contribution in [-0.2, 0) is 10.0 Å². The molecule has 1 N–H and O–H groups in total. The van der Waals surface area contributed by atoms with Gasteiger partial charge in [0.1, 0.15) is 10.7 Å². The van der Waals surface area contributed by atoms with Crippen molar-refractivity contribution in [3.05, 3.63) is 30.1 Å². The number of nitrogens with one attached hydrogen (secondary N) is 1. The van der Waals surface area contributed by atoms with Gasteiger partial charge in [0.25, 0.3) is 0 Å². The van der Waals surface area contributed by atoms with Crippen molar-refractivity contribution in [1.29, 1.82) is 0 Å². The van der Waals surface area contributed by atoms with E-state index in [9.17, 15) is 12.8 Å². The Morgan fingerprint density at radius 3 is 2.47 bits per heavy atom. The van der Waals surface area contributed by atoms with Crippen molar-refractivity contribution in [1.82, 2.24) is 9.62 Å². The Bertz CT molecular complexity index is 453. The van der Waals surface area contributed by atoms with Gasteiger partial charge in [-0.2, -0.15) is 4.31 Å². The molecule has 0 fully saturated rings. The quantitative estimate of drug-likeness (QED) is 0.879. The predicted octanol–water partition coefficient (Wildman–Crippen LogP) is 1.09. The lowest BCUT2D eigenvalue weighted by Gasteiger charge is -2.17. The molecule has 7 heteroatoms. The van der Waals surface area contributed by atoms with Gasteiger partial charge in [0.05, 0.1) is 0 Å². The largest absolute Gasteiger partial charge is 0.318 e. The zero-order valence-electron chi connectivity index (χ0n) is 9.68. The molecule has 0 unspecified atom stereocenters. The summed E-state index contributed by atoms with van der Waals surface area (Å²) in [6, 6.07) is 5.36. The maximum absolute atomic E-state index is 13.3. The molecule has 0 aromatic heterocycles. The molecule has 0 aliphatic rings. The second-order valence-electron chi connectivity index (χ2n) is 3.36. The van der Waals surface area contributed by atoms with Crippen LogP contribution in [0.2, 0.25) is 0 Å². The first-order valence-corrected chi connectivity index (χ1v) is 6.29. The summed E-state index contributed by atoms with van der Waals surface area (Å²) in [5, 5.41) is 2.84. The third-order valence-electron chi connectivity index (χ3n) is 2.20. The van der Waals surface area contributed by atoms with Crippen LogP contribution in [-0.4, -0.2) is 39.9 Å². The van der Waals surface area contributed by atoms with Gasteiger partial charge < -0.3 is 5.32 Å². The summed E-state index contributed by atoms with van der Waals surface area (Å²) in [6.45, 7) is 0.817. The van der Waals surface area contributed by atoms with Gasteiger partial charge >= 0.3 is 0 Å². The highest BCUT2D eigenvalue weighted by Crippen LogP contribution is 2.17. The van der Waals surface area contributed by atoms with E-state index in [1.807, 2.05) is 0 Å². The summed E-state index contributed by atoms with van der Waals surface area (Å²) in [7, 11) is -0.568. The smallest absolute Gasteiger partial charge is 0.245 e. The number of rotatable bonds is 5. The fraction of sp³-hybridized carbons (Fsp3) is 0.400. The Morgan fingerprint density at radius 2 is 1.94 bits per heavy atom. The summed E-state index contributed by atoms with van der Waals surface area (Å²) in [5.74, 6) is -0.723. The van der Waals surface area contributed by atoms with E-state index in [0.29, 0.717) is 13.1 Å². The summed E-state index contributed by atoms with van der Waals surface area (Å²) in [6.07, 6.45) is 0. The maximum Gasteiger partial charge on any atom is 0.245 e. The fourth-order valence-electron chi connectivity index (χ4n) is 1.21. The van der Waals surface area contributed by atoms with Crippen LogP contribution in [0, 0.1) is 5.82 Å². The third-order valence-corrected chi connectivity index (χ3v) is 4.09. The molecule has 0 aliphatic heterocycles. The molecule has 0 saturated heterocycles. The van der Waals surface area contributed by atoms with Gasteiger partial charge in [-0.05, 0) is 19.2 Å². The summed E-state index contributed by atoms with van der Waals surface area (Å²) in [5.41, 5.74) is 0. The van der Waals surface area contributed by atoms with Crippen molar-refractivity contribution in [3.63, 3.8) is 0 Å². The molecule has 0 heterocycles. The highest BCUT2D eigenvalue weighted by molar-refractivity contribution is 7.89. The van der Waals surface area contributed by atoms with Gasteiger partial charge in [0.15, 0.2) is 0 Å². The summed E-state index contributed by atoms with van der Waals surface area (Å²) in [4.78, 5) is -0.284. The van der Waals surface area contributed by atoms with Crippen LogP contribution in [0.4, 0.5) is 4.39 Å². The first-order valence-electron chi connectivity index (χ1n) is 4.85. The average molecular weight is 283 g/mol. The zero-order valence-corrected chi connectivity index (χ0v) is 11.3. The zero-order chi connectivity index (χ0) is 12.2. The number of hydrogen-bond donors (Lipinski definition) is 1. The maximum atomic E-state index is 13.3. The molecule has 0 amide bonds. The Kier molecular flexibility index (Phi) is 6.62. The van der Waals surface area contributed by atoms with E-state index in [2.05, 4.69) is 5.32 Å². The molecule has 1 rings (SSSR count). The Hall–Kier alpha value is -0.690. The second kappa shape index (κ2) is 6.90. The second-order valence-corrected chi connectivity index (χ2v) is 5.37. The monoisotopic (exact) mass is 282 g/mol. The highest BCUT2D eigenvalue weighted by atomic mass is 35.5. The number of halogens is 2. The molecule has 0 atom stereocenters. The van der Waals surface area contributed by atoms with Crippen molar-refractivity contribution in [2.45, 2.75) is 4.90 Å². The van der Waals surface area contributed by atoms with E-state index in [1.54, 1.807) is 7.05 Å². The molecule has 0 spiro atoms. The van der Waals surface area contributed by atoms with Crippen molar-refractivity contribution in [3.8, 4) is 0 Å². The minimum atomic E-state index is -3.72. The van der Waals surface area contributed by atoms with Gasteiger partial charge in [-0.15, -0.1) is 12.4 Å². The van der Waals surface area contributed by atoms with Crippen molar-refractivity contribution < 1.29 is 12.8 Å². The molecule has 0 aliphatic carbocycles. The summed E-state index contributed by atoms with van der Waals surface area (Å²) >= 11 is 0. The first kappa shape index (κ1) is 16.3. The van der Waals surface area contributed by atoms with Gasteiger partial charge in [-0.3, -0.25) is 0 Å². The van der Waals surface area contributed by atoms with Crippen LogP contribution < -0.4 is 5.32 Å². The van der Waals surface area contributed by atoms with Crippen molar-refractivity contribution in [2.75, 3.05) is 27.2 Å². The summed E-state index contributed by atoms with van der Waals surface area (Å²) < 4.78 is 38.3. The Morgan fingerprint density at radius 1 is 1.35 bits per heavy atom. The Balaban J connectivity index is 0.00000256. The molecular formula is C10H16ClFN2O2S. The lowest BCUT2D eigenvalue weighted by Crippen LogP contribution is -2.33. The minimum absolute atomic E-state index is 0. The van der Waals surface area contributed by atoms with Crippen LogP contribution >= 0.6 is 12.4 Å². The van der Waals surface area contributed by atoms with Crippen LogP contribution in [0.1, 0.15) is 0 Å². The number of benzene rings is 1. The minimum Gasteiger partial charge on any atom is -0.318 e. The standard InChI is InChI=1S/C10H15FN2O2S.ClH/c1-12-7-8-13(2)16(14,15)10-6-4-3-5-9(10)11;/h3-6,12H,7-8H2,1-2H3;1H. The van der Waals surface area contributed by atoms with E-state index >= 15 is 0 Å². The van der Waals surface area contributed by atoms with Gasteiger partial charge in [0.2, 0.25) is 10.0 Å². The highest BCUT2D eigenvalue weighted by Gasteiger charge is 2.23. The SMILES string of the molecule is CNCCN(C)S(=O)(=O)c1ccccc1F.Cl. The first-order chi connectivity index (χ1) is 7.50. The molecule has 1 aromatic carbocycles. The van der Waals surface area contributed by atoms with E-state index in [1.165, 1.54) is 25.2 Å². The van der Waals surface area contributed by atoms with E-state index in [-0.39, 0.29) is 17.3 Å². The molecule has 0 radical (unpaired) electrons. The van der Waals surface area contributed by atoms with Gasteiger partial charge in [-0.25, -0.2) is 12.8 Å². The molecule has 98 valence electrons. The number of sulfonamides is 1. The molecule has 4 nitrogen and oxygen atoms in total. The normalized spacial score (nSPS) is 11.3. The van der Waals surface area contributed by atoms with Crippen molar-refractivity contribution >= 4 is 22.4 Å². The predicted molar refractivity (Wildman–Crippen MR) is 67.4 cm³/mol. The topological polar surface area (TPSA) is 49.4 Å². The number of nitrogens with zero attached hydrogens (tertiary/aromatic N) is 1. The lowest BCUT2D eigenvalue weighted by atomic mass is 10.4. The molecule has 0 saturated carbocycles. The fourth-order valence-corrected chi connectivity index (χ4v) is 2.44. The van der Waals surface area contributed by atoms with Crippen molar-refractivity contribution in [2.24, 2.45) is 0 Å². The van der Waals surface area contributed by atoms with Gasteiger partial charge in [0, 0.05) is 20.1 Å². The molecule has 0 bridgehead atoms. The van der Waals surface area contributed by atoms with Gasteiger partial charge in [-0.1, -0.05) is 12.1 Å². The van der Waals surface area contributed by atoms with E-state index in [0.717, 1.165) is 10.4 Å². The molecule has 1 aromatic rings. The lowest BCUT2D eigenvalue weighted by molar-refractivity contribution is 0.459. The van der Waals surface area contributed by atoms with Crippen LogP contribution in [0.15, 0.2) is 29.2 Å². The molecule has 17 heavy (non-hydrogen) atoms. The van der Waals surface area contributed by atoms with E-state index < -0.39 is 15.8 Å². The van der Waals surface area contributed by atoms with Crippen LogP contribution in [0.5, 0.6) is 0 Å². The van der Waals surface area contributed by atoms with Crippen LogP contribution in [0.25, 0.3) is 0 Å². The molecular weight excluding hydrogens is 267 g/mol. The number of hydrogen-bond acceptors (Lipinski definition) is 3. The average Bonchev–Trinajstić information content (AvgIpc) is 2.26. The van der Waals surface area contributed by atoms with E-state index in [4.69, 9.17) is 0 Å². The number of likely N-dealkylation sites (N-methyl/N-ethyl adjacent to an activating group) is 2. The van der Waals surface area contributed by atoms with Crippen LogP contribution in [0.3, 0.4) is 0 Å². The third kappa shape index (κ3) is 3.92.